The molecule has 34 valence electrons. The lowest BCUT2D eigenvalue weighted by molar-refractivity contribution is 0.825. The molecule has 0 aromatic carbocycles. The number of hydrogen-bond donors (Lipinski definition) is 0. The van der Waals surface area contributed by atoms with Gasteiger partial charge in [-0.1, -0.05) is 5.54 Å². The monoisotopic (exact) mass is 102 g/mol. The summed E-state index contributed by atoms with van der Waals surface area (Å²) in [5.74, 6) is 0. The first kappa shape index (κ1) is 5.71. The maximum absolute atomic E-state index is 12.0. The van der Waals surface area contributed by atoms with Gasteiger partial charge in [0.05, 0.1) is 0 Å². The van der Waals surface area contributed by atoms with Crippen molar-refractivity contribution in [2.24, 2.45) is 0 Å². The van der Waals surface area contributed by atoms with Crippen LogP contribution >= 0.6 is 0 Å². The minimum atomic E-state index is -2.60. The molecule has 0 fully saturated rings. The van der Waals surface area contributed by atoms with Crippen LogP contribution in [0.2, 0.25) is 13.1 Å². The molecule has 0 bridgehead atoms. The van der Waals surface area contributed by atoms with E-state index in [4.69, 9.17) is 6.42 Å². The molecular formula is C4H7FSi. The Morgan fingerprint density at radius 2 is 1.83 bits per heavy atom. The zero-order chi connectivity index (χ0) is 5.21. The van der Waals surface area contributed by atoms with Crippen molar-refractivity contribution in [1.29, 1.82) is 0 Å². The molecule has 0 rings (SSSR count). The first-order valence-electron chi connectivity index (χ1n) is 1.73. The van der Waals surface area contributed by atoms with Gasteiger partial charge in [0.2, 0.25) is 0 Å². The van der Waals surface area contributed by atoms with E-state index in [0.717, 1.165) is 0 Å². The highest BCUT2D eigenvalue weighted by molar-refractivity contribution is 6.78. The minimum absolute atomic E-state index is 1.48. The fraction of sp³-hybridized carbons (Fsp3) is 0.500. The van der Waals surface area contributed by atoms with Gasteiger partial charge in [0.15, 0.2) is 0 Å². The van der Waals surface area contributed by atoms with Crippen molar-refractivity contribution < 1.29 is 4.11 Å². The van der Waals surface area contributed by atoms with Crippen molar-refractivity contribution in [3.8, 4) is 12.0 Å². The second-order valence-electron chi connectivity index (χ2n) is 1.62. The summed E-state index contributed by atoms with van der Waals surface area (Å²) < 4.78 is 12.0. The normalized spacial score (nSPS) is 10.3. The molecule has 0 aromatic rings. The number of terminal acetylenes is 1. The van der Waals surface area contributed by atoms with E-state index in [1.807, 2.05) is 0 Å². The van der Waals surface area contributed by atoms with Gasteiger partial charge in [0.1, 0.15) is 0 Å². The highest BCUT2D eigenvalue weighted by atomic mass is 28.4. The van der Waals surface area contributed by atoms with Crippen LogP contribution in [0.5, 0.6) is 0 Å². The van der Waals surface area contributed by atoms with Gasteiger partial charge in [-0.05, 0) is 13.1 Å². The van der Waals surface area contributed by atoms with E-state index >= 15 is 0 Å². The second kappa shape index (κ2) is 1.44. The summed E-state index contributed by atoms with van der Waals surface area (Å²) in [5, 5.41) is 0. The highest BCUT2D eigenvalue weighted by Gasteiger charge is 2.13. The SMILES string of the molecule is C#C[Si](C)(C)F. The molecule has 0 radical (unpaired) electrons. The Balaban J connectivity index is 3.55. The Bertz CT molecular complexity index is 74.5. The largest absolute Gasteiger partial charge is 0.316 e. The zero-order valence-electron chi connectivity index (χ0n) is 3.96. The number of halogens is 1. The van der Waals surface area contributed by atoms with Crippen molar-refractivity contribution in [2.75, 3.05) is 0 Å². The first-order chi connectivity index (χ1) is 2.56. The number of hydrogen-bond acceptors (Lipinski definition) is 0. The summed E-state index contributed by atoms with van der Waals surface area (Å²) in [6.07, 6.45) is 4.74. The molecule has 0 atom stereocenters. The number of rotatable bonds is 0. The molecule has 0 aliphatic heterocycles. The van der Waals surface area contributed by atoms with Crippen molar-refractivity contribution in [1.82, 2.24) is 0 Å². The van der Waals surface area contributed by atoms with Crippen LogP contribution in [0, 0.1) is 12.0 Å². The van der Waals surface area contributed by atoms with Crippen LogP contribution in [-0.2, 0) is 0 Å². The second-order valence-corrected chi connectivity index (χ2v) is 4.85. The summed E-state index contributed by atoms with van der Waals surface area (Å²) in [5.41, 5.74) is 2.08. The average Bonchev–Trinajstić information content (AvgIpc) is 1.35. The Morgan fingerprint density at radius 3 is 1.83 bits per heavy atom. The summed E-state index contributed by atoms with van der Waals surface area (Å²) in [6.45, 7) is 2.96. The predicted octanol–water partition coefficient (Wildman–Crippen LogP) is 1.33. The van der Waals surface area contributed by atoms with E-state index in [0.29, 0.717) is 0 Å². The lowest BCUT2D eigenvalue weighted by Crippen LogP contribution is -2.13. The third-order valence-electron chi connectivity index (χ3n) is 0.343. The van der Waals surface area contributed by atoms with Crippen LogP contribution in [0.15, 0.2) is 0 Å². The smallest absolute Gasteiger partial charge is 0.298 e. The molecule has 2 heteroatoms. The molecule has 6 heavy (non-hydrogen) atoms. The summed E-state index contributed by atoms with van der Waals surface area (Å²) in [6, 6.07) is 0. The van der Waals surface area contributed by atoms with Crippen LogP contribution in [0.25, 0.3) is 0 Å². The maximum atomic E-state index is 12.0. The van der Waals surface area contributed by atoms with Crippen LogP contribution < -0.4 is 0 Å². The van der Waals surface area contributed by atoms with E-state index in [1.165, 1.54) is 13.1 Å². The topological polar surface area (TPSA) is 0 Å². The van der Waals surface area contributed by atoms with Crippen molar-refractivity contribution in [3.63, 3.8) is 0 Å². The maximum Gasteiger partial charge on any atom is 0.316 e. The summed E-state index contributed by atoms with van der Waals surface area (Å²) in [7, 11) is -2.60. The van der Waals surface area contributed by atoms with E-state index in [2.05, 4.69) is 5.54 Å². The minimum Gasteiger partial charge on any atom is -0.298 e. The fourth-order valence-corrected chi connectivity index (χ4v) is 0. The standard InChI is InChI=1S/C4H7FSi/c1-4-6(2,3)5/h1H,2-3H3. The van der Waals surface area contributed by atoms with Gasteiger partial charge in [-0.2, -0.15) is 0 Å². The van der Waals surface area contributed by atoms with Crippen molar-refractivity contribution in [3.05, 3.63) is 0 Å². The molecule has 0 amide bonds. The summed E-state index contributed by atoms with van der Waals surface area (Å²) in [4.78, 5) is 0. The molecular weight excluding hydrogens is 95.1 g/mol. The molecule has 0 aliphatic rings. The lowest BCUT2D eigenvalue weighted by Gasteiger charge is -1.94. The van der Waals surface area contributed by atoms with E-state index in [1.54, 1.807) is 0 Å². The highest BCUT2D eigenvalue weighted by Crippen LogP contribution is 1.97. The van der Waals surface area contributed by atoms with Gasteiger partial charge in [-0.3, -0.25) is 4.11 Å². The Kier molecular flexibility index (Phi) is 1.37. The third kappa shape index (κ3) is 3.71. The Morgan fingerprint density at radius 1 is 1.67 bits per heavy atom. The van der Waals surface area contributed by atoms with Gasteiger partial charge in [-0.25, -0.2) is 0 Å². The Hall–Kier alpha value is -0.293. The van der Waals surface area contributed by atoms with Crippen molar-refractivity contribution in [2.45, 2.75) is 13.1 Å². The van der Waals surface area contributed by atoms with Gasteiger partial charge in [0, 0.05) is 0 Å². The van der Waals surface area contributed by atoms with Gasteiger partial charge < -0.3 is 0 Å². The van der Waals surface area contributed by atoms with Crippen LogP contribution in [0.3, 0.4) is 0 Å². The van der Waals surface area contributed by atoms with Gasteiger partial charge in [0.25, 0.3) is 0 Å². The fourth-order valence-electron chi connectivity index (χ4n) is 0. The van der Waals surface area contributed by atoms with Crippen molar-refractivity contribution >= 4 is 8.41 Å². The van der Waals surface area contributed by atoms with E-state index in [9.17, 15) is 4.11 Å². The van der Waals surface area contributed by atoms with Crippen LogP contribution in [0.4, 0.5) is 4.11 Å². The lowest BCUT2D eigenvalue weighted by atomic mass is 11.4. The third-order valence-corrected chi connectivity index (χ3v) is 1.03. The average molecular weight is 102 g/mol. The predicted molar refractivity (Wildman–Crippen MR) is 27.4 cm³/mol. The Labute approximate surface area is 38.6 Å². The van der Waals surface area contributed by atoms with E-state index < -0.39 is 8.41 Å². The molecule has 0 aromatic heterocycles. The molecule has 0 N–H and O–H groups in total. The first-order valence-corrected chi connectivity index (χ1v) is 4.61. The molecule has 0 heterocycles. The van der Waals surface area contributed by atoms with E-state index in [-0.39, 0.29) is 0 Å². The van der Waals surface area contributed by atoms with Gasteiger partial charge >= 0.3 is 8.41 Å². The molecule has 0 saturated heterocycles. The quantitative estimate of drug-likeness (QED) is 0.246. The van der Waals surface area contributed by atoms with Crippen LogP contribution in [-0.4, -0.2) is 8.41 Å². The zero-order valence-corrected chi connectivity index (χ0v) is 4.96. The molecule has 0 unspecified atom stereocenters. The van der Waals surface area contributed by atoms with Crippen LogP contribution in [0.1, 0.15) is 0 Å². The molecule has 0 spiro atoms. The summed E-state index contributed by atoms with van der Waals surface area (Å²) >= 11 is 0. The molecule has 0 nitrogen and oxygen atoms in total. The van der Waals surface area contributed by atoms with Gasteiger partial charge in [-0.15, -0.1) is 6.42 Å². The molecule has 0 saturated carbocycles. The molecule has 0 aliphatic carbocycles.